The summed E-state index contributed by atoms with van der Waals surface area (Å²) in [5.41, 5.74) is 2.96. The minimum Gasteiger partial charge on any atom is -0.455 e. The van der Waals surface area contributed by atoms with Gasteiger partial charge >= 0.3 is 6.61 Å². The molecule has 5 nitrogen and oxygen atoms in total. The molecule has 0 N–H and O–H groups in total. The normalized spacial score (nSPS) is 13.0. The van der Waals surface area contributed by atoms with Crippen molar-refractivity contribution in [3.8, 4) is 17.2 Å². The first-order valence-electron chi connectivity index (χ1n) is 8.90. The second-order valence-electron chi connectivity index (χ2n) is 6.62. The lowest BCUT2D eigenvalue weighted by molar-refractivity contribution is -0.0505. The van der Waals surface area contributed by atoms with Crippen LogP contribution < -0.4 is 9.47 Å². The molecule has 8 heteroatoms. The van der Waals surface area contributed by atoms with Gasteiger partial charge in [0.05, 0.1) is 29.3 Å². The highest BCUT2D eigenvalue weighted by Crippen LogP contribution is 2.38. The first kappa shape index (κ1) is 17.9. The summed E-state index contributed by atoms with van der Waals surface area (Å²) in [6.45, 7) is -2.71. The Hall–Kier alpha value is -3.19. The Labute approximate surface area is 169 Å². The van der Waals surface area contributed by atoms with Gasteiger partial charge in [-0.2, -0.15) is 8.78 Å². The van der Waals surface area contributed by atoms with Gasteiger partial charge in [-0.1, -0.05) is 17.7 Å². The maximum absolute atomic E-state index is 13.0. The smallest absolute Gasteiger partial charge is 0.387 e. The molecule has 0 fully saturated rings. The summed E-state index contributed by atoms with van der Waals surface area (Å²) < 4.78 is 38.8. The van der Waals surface area contributed by atoms with Crippen LogP contribution in [-0.4, -0.2) is 21.1 Å². The first-order chi connectivity index (χ1) is 14.1. The van der Waals surface area contributed by atoms with Gasteiger partial charge in [0.1, 0.15) is 23.1 Å². The molecule has 5 rings (SSSR count). The van der Waals surface area contributed by atoms with Crippen molar-refractivity contribution in [1.82, 2.24) is 14.5 Å². The average Bonchev–Trinajstić information content (AvgIpc) is 3.03. The number of halogens is 3. The summed E-state index contributed by atoms with van der Waals surface area (Å²) in [5, 5.41) is 0.568. The molecule has 2 aromatic heterocycles. The molecule has 146 valence electrons. The Bertz CT molecular complexity index is 1230. The Morgan fingerprint density at radius 1 is 1.14 bits per heavy atom. The van der Waals surface area contributed by atoms with E-state index in [0.717, 1.165) is 22.4 Å². The lowest BCUT2D eigenvalue weighted by Gasteiger charge is -2.16. The van der Waals surface area contributed by atoms with Crippen molar-refractivity contribution >= 4 is 22.6 Å². The summed E-state index contributed by atoms with van der Waals surface area (Å²) in [5.74, 6) is 1.79. The second kappa shape index (κ2) is 7.00. The minimum atomic E-state index is -2.95. The molecule has 3 heterocycles. The van der Waals surface area contributed by atoms with E-state index in [0.29, 0.717) is 28.5 Å². The zero-order chi connectivity index (χ0) is 20.0. The molecule has 0 unspecified atom stereocenters. The third-order valence-corrected chi connectivity index (χ3v) is 5.09. The molecule has 29 heavy (non-hydrogen) atoms. The Kier molecular flexibility index (Phi) is 4.32. The van der Waals surface area contributed by atoms with E-state index >= 15 is 0 Å². The first-order valence-corrected chi connectivity index (χ1v) is 9.28. The SMILES string of the molecule is FC(F)Oc1cccc2c1Cn1c(nc3ccc(Cl)cc31)Cc1ccncc1O2. The lowest BCUT2D eigenvalue weighted by atomic mass is 10.1. The predicted molar refractivity (Wildman–Crippen MR) is 104 cm³/mol. The number of fused-ring (bicyclic) bond motifs is 5. The highest BCUT2D eigenvalue weighted by molar-refractivity contribution is 6.31. The molecule has 0 atom stereocenters. The highest BCUT2D eigenvalue weighted by Gasteiger charge is 2.22. The van der Waals surface area contributed by atoms with E-state index in [4.69, 9.17) is 26.1 Å². The molecule has 1 aliphatic heterocycles. The maximum atomic E-state index is 13.0. The molecule has 1 aliphatic rings. The van der Waals surface area contributed by atoms with Gasteiger partial charge in [0.25, 0.3) is 0 Å². The summed E-state index contributed by atoms with van der Waals surface area (Å²) in [6.07, 6.45) is 3.78. The quantitative estimate of drug-likeness (QED) is 0.387. The highest BCUT2D eigenvalue weighted by atomic mass is 35.5. The molecule has 0 amide bonds. The van der Waals surface area contributed by atoms with Gasteiger partial charge in [-0.05, 0) is 36.4 Å². The van der Waals surface area contributed by atoms with Gasteiger partial charge in [0.2, 0.25) is 0 Å². The number of alkyl halides is 2. The van der Waals surface area contributed by atoms with Crippen LogP contribution in [0.5, 0.6) is 17.2 Å². The van der Waals surface area contributed by atoms with Crippen LogP contribution in [-0.2, 0) is 13.0 Å². The van der Waals surface area contributed by atoms with Crippen molar-refractivity contribution in [3.63, 3.8) is 0 Å². The Balaban J connectivity index is 1.78. The summed E-state index contributed by atoms with van der Waals surface area (Å²) in [4.78, 5) is 8.87. The topological polar surface area (TPSA) is 49.2 Å². The molecule has 0 spiro atoms. The standard InChI is InChI=1S/C21H14ClF2N3O2/c22-13-4-5-15-16(9-13)27-11-14-17(2-1-3-18(14)29-21(23)24)28-19-10-25-7-6-12(19)8-20(27)26-15/h1-7,9-10,21H,8,11H2. The van der Waals surface area contributed by atoms with Crippen LogP contribution in [0.2, 0.25) is 5.02 Å². The van der Waals surface area contributed by atoms with Crippen LogP contribution in [0.15, 0.2) is 54.9 Å². The van der Waals surface area contributed by atoms with E-state index in [1.807, 2.05) is 22.8 Å². The molecular formula is C21H14ClF2N3O2. The predicted octanol–water partition coefficient (Wildman–Crippen LogP) is 5.43. The second-order valence-corrected chi connectivity index (χ2v) is 7.06. The number of aromatic nitrogens is 3. The molecular weight excluding hydrogens is 400 g/mol. The van der Waals surface area contributed by atoms with Gasteiger partial charge in [-0.3, -0.25) is 4.98 Å². The Morgan fingerprint density at radius 3 is 2.90 bits per heavy atom. The van der Waals surface area contributed by atoms with Crippen molar-refractivity contribution in [2.75, 3.05) is 0 Å². The monoisotopic (exact) mass is 413 g/mol. The van der Waals surface area contributed by atoms with E-state index in [1.165, 1.54) is 6.07 Å². The number of imidazole rings is 1. The lowest BCUT2D eigenvalue weighted by Crippen LogP contribution is -2.09. The Morgan fingerprint density at radius 2 is 2.03 bits per heavy atom. The zero-order valence-corrected chi connectivity index (χ0v) is 15.7. The van der Waals surface area contributed by atoms with Crippen LogP contribution in [0, 0.1) is 0 Å². The molecule has 0 bridgehead atoms. The van der Waals surface area contributed by atoms with Crippen molar-refractivity contribution in [3.05, 3.63) is 76.8 Å². The van der Waals surface area contributed by atoms with Crippen molar-refractivity contribution in [2.45, 2.75) is 19.6 Å². The molecule has 0 saturated heterocycles. The van der Waals surface area contributed by atoms with E-state index < -0.39 is 6.61 Å². The fourth-order valence-corrected chi connectivity index (χ4v) is 3.72. The largest absolute Gasteiger partial charge is 0.455 e. The fraction of sp³-hybridized carbons (Fsp3) is 0.143. The number of rotatable bonds is 2. The number of pyridine rings is 1. The maximum Gasteiger partial charge on any atom is 0.387 e. The van der Waals surface area contributed by atoms with Crippen LogP contribution in [0.4, 0.5) is 8.78 Å². The average molecular weight is 414 g/mol. The summed E-state index contributed by atoms with van der Waals surface area (Å²) >= 11 is 6.21. The zero-order valence-electron chi connectivity index (χ0n) is 15.0. The molecule has 2 aromatic carbocycles. The van der Waals surface area contributed by atoms with Gasteiger partial charge in [0.15, 0.2) is 0 Å². The van der Waals surface area contributed by atoms with Crippen LogP contribution >= 0.6 is 11.6 Å². The van der Waals surface area contributed by atoms with E-state index in [9.17, 15) is 8.78 Å². The minimum absolute atomic E-state index is 0.0552. The molecule has 0 radical (unpaired) electrons. The van der Waals surface area contributed by atoms with Crippen LogP contribution in [0.1, 0.15) is 17.0 Å². The van der Waals surface area contributed by atoms with Gasteiger partial charge in [0, 0.05) is 23.2 Å². The van der Waals surface area contributed by atoms with Crippen molar-refractivity contribution in [2.24, 2.45) is 0 Å². The number of ether oxygens (including phenoxy) is 2. The van der Waals surface area contributed by atoms with Gasteiger partial charge < -0.3 is 14.0 Å². The van der Waals surface area contributed by atoms with E-state index in [1.54, 1.807) is 30.6 Å². The number of nitrogens with zero attached hydrogens (tertiary/aromatic N) is 3. The summed E-state index contributed by atoms with van der Waals surface area (Å²) in [6, 6.07) is 12.1. The van der Waals surface area contributed by atoms with Crippen LogP contribution in [0.25, 0.3) is 11.0 Å². The van der Waals surface area contributed by atoms with Crippen molar-refractivity contribution < 1.29 is 18.3 Å². The van der Waals surface area contributed by atoms with Crippen molar-refractivity contribution in [1.29, 1.82) is 0 Å². The molecule has 0 aliphatic carbocycles. The fourth-order valence-electron chi connectivity index (χ4n) is 3.55. The van der Waals surface area contributed by atoms with Crippen LogP contribution in [0.3, 0.4) is 0 Å². The third kappa shape index (κ3) is 3.27. The third-order valence-electron chi connectivity index (χ3n) is 4.85. The van der Waals surface area contributed by atoms with Gasteiger partial charge in [-0.15, -0.1) is 0 Å². The van der Waals surface area contributed by atoms with E-state index in [2.05, 4.69) is 4.98 Å². The number of benzene rings is 2. The summed E-state index contributed by atoms with van der Waals surface area (Å²) in [7, 11) is 0. The van der Waals surface area contributed by atoms with Gasteiger partial charge in [-0.25, -0.2) is 4.98 Å². The van der Waals surface area contributed by atoms with E-state index in [-0.39, 0.29) is 12.3 Å². The number of hydrogen-bond acceptors (Lipinski definition) is 4. The molecule has 4 aromatic rings. The number of hydrogen-bond donors (Lipinski definition) is 0. The molecule has 0 saturated carbocycles.